The molecule has 0 aromatic rings. The topological polar surface area (TPSA) is 88.3 Å². The first-order valence-electron chi connectivity index (χ1n) is 7.31. The zero-order valence-electron chi connectivity index (χ0n) is 12.1. The van der Waals surface area contributed by atoms with Gasteiger partial charge in [0.1, 0.15) is 0 Å². The van der Waals surface area contributed by atoms with Crippen molar-refractivity contribution < 1.29 is 14.4 Å². The molecule has 2 aliphatic carbocycles. The van der Waals surface area contributed by atoms with Crippen LogP contribution in [0.15, 0.2) is 15.0 Å². The molecule has 112 valence electrons. The smallest absolute Gasteiger partial charge is 0.211 e. The summed E-state index contributed by atoms with van der Waals surface area (Å²) < 4.78 is 0. The van der Waals surface area contributed by atoms with Gasteiger partial charge < -0.3 is 0 Å². The SMILES string of the molecule is CC12CC(CC1N=C=O)C(CCCN=C=O)C2CN=C=O. The lowest BCUT2D eigenvalue weighted by Crippen LogP contribution is -2.40. The Morgan fingerprint density at radius 3 is 2.57 bits per heavy atom. The number of rotatable bonds is 7. The first kappa shape index (κ1) is 15.5. The Morgan fingerprint density at radius 2 is 1.90 bits per heavy atom. The van der Waals surface area contributed by atoms with Gasteiger partial charge in [-0.1, -0.05) is 6.92 Å². The van der Waals surface area contributed by atoms with Crippen LogP contribution >= 0.6 is 0 Å². The van der Waals surface area contributed by atoms with Crippen molar-refractivity contribution in [3.63, 3.8) is 0 Å². The minimum atomic E-state index is -0.0962. The second-order valence-electron chi connectivity index (χ2n) is 6.26. The van der Waals surface area contributed by atoms with Crippen LogP contribution in [0.3, 0.4) is 0 Å². The van der Waals surface area contributed by atoms with Crippen molar-refractivity contribution in [1.29, 1.82) is 0 Å². The van der Waals surface area contributed by atoms with Crippen molar-refractivity contribution in [1.82, 2.24) is 0 Å². The van der Waals surface area contributed by atoms with Crippen molar-refractivity contribution in [3.8, 4) is 0 Å². The Morgan fingerprint density at radius 1 is 1.14 bits per heavy atom. The number of aliphatic imine (C=N–C) groups is 3. The van der Waals surface area contributed by atoms with E-state index in [1.165, 1.54) is 0 Å². The van der Waals surface area contributed by atoms with Gasteiger partial charge in [-0.2, -0.15) is 0 Å². The van der Waals surface area contributed by atoms with Crippen LogP contribution in [0.4, 0.5) is 0 Å². The van der Waals surface area contributed by atoms with Crippen LogP contribution in [-0.4, -0.2) is 37.4 Å². The molecule has 2 bridgehead atoms. The molecular weight excluding hydrogens is 270 g/mol. The standard InChI is InChI=1S/C15H19N3O3/c1-15-6-11(5-14(15)18-10-21)12(3-2-4-16-8-19)13(15)7-17-9-20/h11-14H,2-7H2,1H3. The van der Waals surface area contributed by atoms with E-state index >= 15 is 0 Å². The van der Waals surface area contributed by atoms with E-state index in [9.17, 15) is 14.4 Å². The third kappa shape index (κ3) is 2.93. The lowest BCUT2D eigenvalue weighted by molar-refractivity contribution is 0.122. The lowest BCUT2D eigenvalue weighted by atomic mass is 9.67. The van der Waals surface area contributed by atoms with E-state index in [4.69, 9.17) is 0 Å². The van der Waals surface area contributed by atoms with Crippen molar-refractivity contribution in [2.24, 2.45) is 38.1 Å². The largest absolute Gasteiger partial charge is 0.235 e. The number of nitrogens with zero attached hydrogens (tertiary/aromatic N) is 3. The fraction of sp³-hybridized carbons (Fsp3) is 0.800. The molecule has 6 nitrogen and oxygen atoms in total. The first-order valence-corrected chi connectivity index (χ1v) is 7.31. The molecule has 0 N–H and O–H groups in total. The Bertz CT molecular complexity index is 530. The molecular formula is C15H19N3O3. The normalized spacial score (nSPS) is 36.4. The molecule has 2 aliphatic rings. The molecule has 2 rings (SSSR count). The fourth-order valence-corrected chi connectivity index (χ4v) is 4.51. The van der Waals surface area contributed by atoms with E-state index < -0.39 is 0 Å². The third-order valence-electron chi connectivity index (χ3n) is 5.39. The van der Waals surface area contributed by atoms with Crippen molar-refractivity contribution in [2.75, 3.05) is 13.1 Å². The van der Waals surface area contributed by atoms with Gasteiger partial charge in [0.05, 0.1) is 19.1 Å². The van der Waals surface area contributed by atoms with E-state index in [1.54, 1.807) is 18.2 Å². The number of hydrogen-bond donors (Lipinski definition) is 0. The maximum absolute atomic E-state index is 10.6. The molecule has 0 heterocycles. The summed E-state index contributed by atoms with van der Waals surface area (Å²) in [5.41, 5.74) is -0.0962. The average Bonchev–Trinajstić information content (AvgIpc) is 2.92. The van der Waals surface area contributed by atoms with Crippen LogP contribution < -0.4 is 0 Å². The first-order chi connectivity index (χ1) is 10.2. The lowest BCUT2D eigenvalue weighted by Gasteiger charge is -2.39. The van der Waals surface area contributed by atoms with Crippen LogP contribution in [0.1, 0.15) is 32.6 Å². The zero-order chi connectivity index (χ0) is 15.3. The number of hydrogen-bond acceptors (Lipinski definition) is 6. The Labute approximate surface area is 123 Å². The summed E-state index contributed by atoms with van der Waals surface area (Å²) in [6.45, 7) is 3.05. The van der Waals surface area contributed by atoms with E-state index in [0.717, 1.165) is 25.7 Å². The van der Waals surface area contributed by atoms with Gasteiger partial charge in [0, 0.05) is 0 Å². The quantitative estimate of drug-likeness (QED) is 0.406. The van der Waals surface area contributed by atoms with E-state index in [2.05, 4.69) is 21.9 Å². The molecule has 0 aliphatic heterocycles. The summed E-state index contributed by atoms with van der Waals surface area (Å²) in [4.78, 5) is 42.5. The summed E-state index contributed by atoms with van der Waals surface area (Å²) in [5.74, 6) is 1.15. The number of carbonyl (C=O) groups excluding carboxylic acids is 3. The van der Waals surface area contributed by atoms with Crippen LogP contribution in [0.25, 0.3) is 0 Å². The summed E-state index contributed by atoms with van der Waals surface area (Å²) in [7, 11) is 0. The van der Waals surface area contributed by atoms with Gasteiger partial charge in [0.25, 0.3) is 0 Å². The van der Waals surface area contributed by atoms with Gasteiger partial charge >= 0.3 is 0 Å². The third-order valence-corrected chi connectivity index (χ3v) is 5.39. The molecule has 0 aromatic carbocycles. The molecule has 21 heavy (non-hydrogen) atoms. The summed E-state index contributed by atoms with van der Waals surface area (Å²) in [6.07, 6.45) is 8.52. The van der Waals surface area contributed by atoms with E-state index in [1.807, 2.05) is 0 Å². The number of fused-ring (bicyclic) bond motifs is 2. The van der Waals surface area contributed by atoms with Gasteiger partial charge in [-0.05, 0) is 48.9 Å². The molecule has 2 saturated carbocycles. The van der Waals surface area contributed by atoms with Crippen molar-refractivity contribution in [3.05, 3.63) is 0 Å². The van der Waals surface area contributed by atoms with E-state index in [-0.39, 0.29) is 17.4 Å². The summed E-state index contributed by atoms with van der Waals surface area (Å²) >= 11 is 0. The highest BCUT2D eigenvalue weighted by molar-refractivity contribution is 5.35. The predicted octanol–water partition coefficient (Wildman–Crippen LogP) is 1.80. The summed E-state index contributed by atoms with van der Waals surface area (Å²) in [5, 5.41) is 0. The van der Waals surface area contributed by atoms with Crippen molar-refractivity contribution in [2.45, 2.75) is 38.6 Å². The summed E-state index contributed by atoms with van der Waals surface area (Å²) in [6, 6.07) is -0.0175. The monoisotopic (exact) mass is 289 g/mol. The molecule has 0 spiro atoms. The van der Waals surface area contributed by atoms with Gasteiger partial charge in [-0.25, -0.2) is 29.4 Å². The van der Waals surface area contributed by atoms with Crippen LogP contribution in [0, 0.1) is 23.2 Å². The molecule has 0 radical (unpaired) electrons. The number of isocyanates is 3. The Hall–Kier alpha value is -1.86. The molecule has 0 aromatic heterocycles. The average molecular weight is 289 g/mol. The molecule has 5 unspecified atom stereocenters. The van der Waals surface area contributed by atoms with Gasteiger partial charge in [-0.3, -0.25) is 0 Å². The minimum absolute atomic E-state index is 0.0175. The zero-order valence-corrected chi connectivity index (χ0v) is 12.1. The molecule has 2 fully saturated rings. The van der Waals surface area contributed by atoms with Crippen molar-refractivity contribution >= 4 is 18.2 Å². The molecule has 5 atom stereocenters. The van der Waals surface area contributed by atoms with Gasteiger partial charge in [0.15, 0.2) is 0 Å². The van der Waals surface area contributed by atoms with Crippen LogP contribution in [0.2, 0.25) is 0 Å². The maximum atomic E-state index is 10.6. The molecule has 6 heteroatoms. The Kier molecular flexibility index (Phi) is 4.98. The highest BCUT2D eigenvalue weighted by atomic mass is 16.1. The van der Waals surface area contributed by atoms with Crippen LogP contribution in [-0.2, 0) is 14.4 Å². The minimum Gasteiger partial charge on any atom is -0.211 e. The highest BCUT2D eigenvalue weighted by Gasteiger charge is 2.59. The van der Waals surface area contributed by atoms with Gasteiger partial charge in [-0.15, -0.1) is 0 Å². The second-order valence-corrected chi connectivity index (χ2v) is 6.26. The second kappa shape index (κ2) is 6.73. The van der Waals surface area contributed by atoms with E-state index in [0.29, 0.717) is 24.9 Å². The highest BCUT2D eigenvalue weighted by Crippen LogP contribution is 2.62. The molecule has 0 saturated heterocycles. The van der Waals surface area contributed by atoms with Crippen LogP contribution in [0.5, 0.6) is 0 Å². The Balaban J connectivity index is 2.12. The molecule has 0 amide bonds. The fourth-order valence-electron chi connectivity index (χ4n) is 4.51. The van der Waals surface area contributed by atoms with Gasteiger partial charge in [0.2, 0.25) is 18.2 Å². The predicted molar refractivity (Wildman–Crippen MR) is 74.9 cm³/mol. The maximum Gasteiger partial charge on any atom is 0.235 e.